The first-order valence-corrected chi connectivity index (χ1v) is 6.93. The summed E-state index contributed by atoms with van der Waals surface area (Å²) in [6.45, 7) is 0. The first-order chi connectivity index (χ1) is 11.2. The lowest BCUT2D eigenvalue weighted by molar-refractivity contribution is 0.373. The average molecular weight is 309 g/mol. The topological polar surface area (TPSA) is 91.3 Å². The van der Waals surface area contributed by atoms with E-state index < -0.39 is 0 Å². The van der Waals surface area contributed by atoms with E-state index in [0.717, 1.165) is 5.56 Å². The SMILES string of the molecule is COc1ccc(/C=C/c2n[nH]c(-c3ccccc3O)n2)cc1O. The number of nitrogens with one attached hydrogen (secondary N) is 1. The van der Waals surface area contributed by atoms with Gasteiger partial charge in [0, 0.05) is 0 Å². The van der Waals surface area contributed by atoms with Crippen LogP contribution < -0.4 is 4.74 Å². The quantitative estimate of drug-likeness (QED) is 0.689. The highest BCUT2D eigenvalue weighted by Crippen LogP contribution is 2.27. The van der Waals surface area contributed by atoms with Gasteiger partial charge < -0.3 is 14.9 Å². The Morgan fingerprint density at radius 3 is 2.61 bits per heavy atom. The van der Waals surface area contributed by atoms with Crippen molar-refractivity contribution in [1.29, 1.82) is 0 Å². The molecule has 0 fully saturated rings. The molecule has 0 amide bonds. The van der Waals surface area contributed by atoms with Crippen molar-refractivity contribution in [2.24, 2.45) is 0 Å². The number of methoxy groups -OCH3 is 1. The minimum Gasteiger partial charge on any atom is -0.507 e. The molecule has 3 N–H and O–H groups in total. The predicted octanol–water partition coefficient (Wildman–Crippen LogP) is 3.06. The zero-order chi connectivity index (χ0) is 16.2. The highest BCUT2D eigenvalue weighted by molar-refractivity contribution is 5.70. The van der Waals surface area contributed by atoms with Gasteiger partial charge in [-0.3, -0.25) is 5.10 Å². The number of benzene rings is 2. The fourth-order valence-corrected chi connectivity index (χ4v) is 2.13. The van der Waals surface area contributed by atoms with Crippen molar-refractivity contribution in [1.82, 2.24) is 15.2 Å². The van der Waals surface area contributed by atoms with Crippen LogP contribution in [0.4, 0.5) is 0 Å². The van der Waals surface area contributed by atoms with Crippen molar-refractivity contribution in [3.63, 3.8) is 0 Å². The van der Waals surface area contributed by atoms with Crippen molar-refractivity contribution in [3.05, 3.63) is 53.9 Å². The molecule has 0 aliphatic heterocycles. The lowest BCUT2D eigenvalue weighted by Crippen LogP contribution is -1.83. The number of ether oxygens (including phenoxy) is 1. The number of aromatic amines is 1. The van der Waals surface area contributed by atoms with E-state index in [1.54, 1.807) is 42.5 Å². The summed E-state index contributed by atoms with van der Waals surface area (Å²) in [6, 6.07) is 12.0. The Hall–Kier alpha value is -3.28. The fourth-order valence-electron chi connectivity index (χ4n) is 2.13. The normalized spacial score (nSPS) is 11.0. The molecule has 0 unspecified atom stereocenters. The summed E-state index contributed by atoms with van der Waals surface area (Å²) >= 11 is 0. The van der Waals surface area contributed by atoms with E-state index in [1.807, 2.05) is 12.1 Å². The summed E-state index contributed by atoms with van der Waals surface area (Å²) in [4.78, 5) is 4.31. The second kappa shape index (κ2) is 6.23. The number of aromatic nitrogens is 3. The lowest BCUT2D eigenvalue weighted by atomic mass is 10.2. The van der Waals surface area contributed by atoms with E-state index in [4.69, 9.17) is 4.74 Å². The van der Waals surface area contributed by atoms with E-state index in [9.17, 15) is 10.2 Å². The largest absolute Gasteiger partial charge is 0.507 e. The molecule has 0 aliphatic rings. The van der Waals surface area contributed by atoms with Crippen LogP contribution in [0.1, 0.15) is 11.4 Å². The Balaban J connectivity index is 1.82. The van der Waals surface area contributed by atoms with Crippen molar-refractivity contribution < 1.29 is 14.9 Å². The van der Waals surface area contributed by atoms with Crippen molar-refractivity contribution in [3.8, 4) is 28.6 Å². The average Bonchev–Trinajstić information content (AvgIpc) is 3.02. The molecule has 0 radical (unpaired) electrons. The molecule has 1 heterocycles. The first-order valence-electron chi connectivity index (χ1n) is 6.93. The van der Waals surface area contributed by atoms with Crippen molar-refractivity contribution >= 4 is 12.2 Å². The van der Waals surface area contributed by atoms with E-state index in [-0.39, 0.29) is 11.5 Å². The Morgan fingerprint density at radius 1 is 1.04 bits per heavy atom. The number of nitrogens with zero attached hydrogens (tertiary/aromatic N) is 2. The van der Waals surface area contributed by atoms with Crippen LogP contribution in [0.15, 0.2) is 42.5 Å². The molecule has 3 rings (SSSR count). The van der Waals surface area contributed by atoms with E-state index in [2.05, 4.69) is 15.2 Å². The van der Waals surface area contributed by atoms with Gasteiger partial charge in [-0.15, -0.1) is 0 Å². The number of aromatic hydroxyl groups is 2. The van der Waals surface area contributed by atoms with Gasteiger partial charge in [0.05, 0.1) is 12.7 Å². The highest BCUT2D eigenvalue weighted by Gasteiger charge is 2.07. The van der Waals surface area contributed by atoms with Gasteiger partial charge in [0.25, 0.3) is 0 Å². The molecule has 0 atom stereocenters. The number of rotatable bonds is 4. The molecular formula is C17H15N3O3. The molecule has 0 spiro atoms. The minimum atomic E-state index is 0.0690. The number of hydrogen-bond donors (Lipinski definition) is 3. The van der Waals surface area contributed by atoms with Crippen LogP contribution in [0.25, 0.3) is 23.5 Å². The molecule has 2 aromatic carbocycles. The summed E-state index contributed by atoms with van der Waals surface area (Å²) in [5, 5.41) is 26.4. The molecule has 116 valence electrons. The fraction of sp³-hybridized carbons (Fsp3) is 0.0588. The van der Waals surface area contributed by atoms with Gasteiger partial charge in [0.15, 0.2) is 23.1 Å². The maximum Gasteiger partial charge on any atom is 0.174 e. The van der Waals surface area contributed by atoms with Crippen LogP contribution in [0.3, 0.4) is 0 Å². The number of phenolic OH excluding ortho intramolecular Hbond substituents is 2. The maximum atomic E-state index is 9.82. The summed E-state index contributed by atoms with van der Waals surface area (Å²) in [5.41, 5.74) is 1.37. The van der Waals surface area contributed by atoms with Gasteiger partial charge in [-0.25, -0.2) is 4.98 Å². The van der Waals surface area contributed by atoms with Gasteiger partial charge in [0.2, 0.25) is 0 Å². The van der Waals surface area contributed by atoms with Crippen LogP contribution in [-0.2, 0) is 0 Å². The van der Waals surface area contributed by atoms with Crippen LogP contribution in [0.2, 0.25) is 0 Å². The Morgan fingerprint density at radius 2 is 1.87 bits per heavy atom. The molecule has 0 bridgehead atoms. The molecule has 3 aromatic rings. The standard InChI is InChI=1S/C17H15N3O3/c1-23-15-8-6-11(10-14(15)22)7-9-16-18-17(20-19-16)12-4-2-3-5-13(12)21/h2-10,21-22H,1H3,(H,18,19,20)/b9-7+. The van der Waals surface area contributed by atoms with Crippen molar-refractivity contribution in [2.75, 3.05) is 7.11 Å². The van der Waals surface area contributed by atoms with Gasteiger partial charge >= 0.3 is 0 Å². The number of para-hydroxylation sites is 1. The second-order valence-corrected chi connectivity index (χ2v) is 4.82. The number of phenols is 2. The second-order valence-electron chi connectivity index (χ2n) is 4.82. The third-order valence-corrected chi connectivity index (χ3v) is 3.29. The van der Waals surface area contributed by atoms with Crippen LogP contribution in [0, 0.1) is 0 Å². The zero-order valence-electron chi connectivity index (χ0n) is 12.4. The summed E-state index contributed by atoms with van der Waals surface area (Å²) in [5.74, 6) is 1.58. The Labute approximate surface area is 132 Å². The molecule has 0 saturated heterocycles. The van der Waals surface area contributed by atoms with Crippen LogP contribution >= 0.6 is 0 Å². The van der Waals surface area contributed by atoms with Crippen LogP contribution in [0.5, 0.6) is 17.2 Å². The lowest BCUT2D eigenvalue weighted by Gasteiger charge is -2.02. The van der Waals surface area contributed by atoms with Gasteiger partial charge in [-0.05, 0) is 35.9 Å². The summed E-state index contributed by atoms with van der Waals surface area (Å²) < 4.78 is 5.00. The molecule has 0 saturated carbocycles. The molecule has 1 aromatic heterocycles. The monoisotopic (exact) mass is 309 g/mol. The van der Waals surface area contributed by atoms with Crippen LogP contribution in [-0.4, -0.2) is 32.5 Å². The summed E-state index contributed by atoms with van der Waals surface area (Å²) in [7, 11) is 1.50. The smallest absolute Gasteiger partial charge is 0.174 e. The van der Waals surface area contributed by atoms with E-state index in [0.29, 0.717) is 23.0 Å². The molecule has 23 heavy (non-hydrogen) atoms. The van der Waals surface area contributed by atoms with Crippen molar-refractivity contribution in [2.45, 2.75) is 0 Å². The van der Waals surface area contributed by atoms with Gasteiger partial charge in [0.1, 0.15) is 5.75 Å². The zero-order valence-corrected chi connectivity index (χ0v) is 12.4. The third-order valence-electron chi connectivity index (χ3n) is 3.29. The predicted molar refractivity (Wildman–Crippen MR) is 87.1 cm³/mol. The third kappa shape index (κ3) is 3.16. The van der Waals surface area contributed by atoms with Gasteiger partial charge in [-0.2, -0.15) is 5.10 Å². The molecule has 6 heteroatoms. The molecule has 6 nitrogen and oxygen atoms in total. The Kier molecular flexibility index (Phi) is 3.97. The molecule has 0 aliphatic carbocycles. The Bertz CT molecular complexity index is 856. The number of H-pyrrole nitrogens is 1. The minimum absolute atomic E-state index is 0.0690. The first kappa shape index (κ1) is 14.6. The van der Waals surface area contributed by atoms with Gasteiger partial charge in [-0.1, -0.05) is 24.3 Å². The molecular weight excluding hydrogens is 294 g/mol. The highest BCUT2D eigenvalue weighted by atomic mass is 16.5. The number of hydrogen-bond acceptors (Lipinski definition) is 5. The van der Waals surface area contributed by atoms with E-state index in [1.165, 1.54) is 7.11 Å². The van der Waals surface area contributed by atoms with E-state index >= 15 is 0 Å². The maximum absolute atomic E-state index is 9.82. The summed E-state index contributed by atoms with van der Waals surface area (Å²) in [6.07, 6.45) is 3.48.